The largest absolute Gasteiger partial charge is 0.311 e. The lowest BCUT2D eigenvalue weighted by molar-refractivity contribution is -0.123. The van der Waals surface area contributed by atoms with Gasteiger partial charge in [0.2, 0.25) is 5.91 Å². The molecule has 1 rings (SSSR count). The Morgan fingerprint density at radius 1 is 1.35 bits per heavy atom. The Morgan fingerprint density at radius 3 is 2.47 bits per heavy atom. The zero-order valence-corrected chi connectivity index (χ0v) is 10.3. The Balaban J connectivity index is 3.08. The zero-order valence-electron chi connectivity index (χ0n) is 10.3. The van der Waals surface area contributed by atoms with Gasteiger partial charge in [-0.05, 0) is 33.0 Å². The predicted octanol–water partition coefficient (Wildman–Crippen LogP) is 1.93. The van der Waals surface area contributed by atoms with E-state index in [1.54, 1.807) is 20.9 Å². The number of nitrogens with zero attached hydrogens (tertiary/aromatic N) is 1. The molecule has 0 spiro atoms. The minimum atomic E-state index is -0.840. The lowest BCUT2D eigenvalue weighted by Gasteiger charge is -2.29. The molecule has 1 N–H and O–H groups in total. The standard InChI is InChI=1S/C12H16F2N2O/c1-12(2,15-3)11(17)16(4)10-7-8(13)5-6-9(10)14/h5-7,15H,1-4H3. The highest BCUT2D eigenvalue weighted by molar-refractivity contribution is 5.99. The van der Waals surface area contributed by atoms with Crippen LogP contribution in [0.2, 0.25) is 0 Å². The Hall–Kier alpha value is -1.49. The van der Waals surface area contributed by atoms with Gasteiger partial charge in [-0.3, -0.25) is 4.79 Å². The van der Waals surface area contributed by atoms with Crippen LogP contribution in [-0.2, 0) is 4.79 Å². The molecule has 0 radical (unpaired) electrons. The van der Waals surface area contributed by atoms with Crippen LogP contribution < -0.4 is 10.2 Å². The first kappa shape index (κ1) is 13.6. The number of halogens is 2. The van der Waals surface area contributed by atoms with Crippen molar-refractivity contribution in [3.63, 3.8) is 0 Å². The first-order valence-corrected chi connectivity index (χ1v) is 5.21. The van der Waals surface area contributed by atoms with Gasteiger partial charge in [-0.2, -0.15) is 0 Å². The minimum absolute atomic E-state index is 0.0710. The molecule has 5 heteroatoms. The van der Waals surface area contributed by atoms with Gasteiger partial charge in [0, 0.05) is 13.1 Å². The van der Waals surface area contributed by atoms with Crippen molar-refractivity contribution in [1.29, 1.82) is 0 Å². The Morgan fingerprint density at radius 2 is 1.94 bits per heavy atom. The third kappa shape index (κ3) is 2.79. The van der Waals surface area contributed by atoms with Crippen LogP contribution in [-0.4, -0.2) is 25.5 Å². The van der Waals surface area contributed by atoms with Crippen molar-refractivity contribution in [2.45, 2.75) is 19.4 Å². The van der Waals surface area contributed by atoms with Crippen LogP contribution in [0.1, 0.15) is 13.8 Å². The Labute approximate surface area is 99.4 Å². The van der Waals surface area contributed by atoms with E-state index in [2.05, 4.69) is 5.32 Å². The van der Waals surface area contributed by atoms with Gasteiger partial charge in [0.1, 0.15) is 11.6 Å². The van der Waals surface area contributed by atoms with Crippen LogP contribution in [0.3, 0.4) is 0 Å². The van der Waals surface area contributed by atoms with Gasteiger partial charge in [0.05, 0.1) is 11.2 Å². The molecule has 0 fully saturated rings. The number of hydrogen-bond donors (Lipinski definition) is 1. The molecule has 0 atom stereocenters. The molecule has 1 aromatic carbocycles. The Kier molecular flexibility index (Phi) is 3.83. The summed E-state index contributed by atoms with van der Waals surface area (Å²) in [6.45, 7) is 3.34. The topological polar surface area (TPSA) is 32.3 Å². The number of hydrogen-bond acceptors (Lipinski definition) is 2. The van der Waals surface area contributed by atoms with Crippen molar-refractivity contribution in [2.24, 2.45) is 0 Å². The number of carbonyl (C=O) groups excluding carboxylic acids is 1. The molecule has 94 valence electrons. The van der Waals surface area contributed by atoms with Crippen LogP contribution >= 0.6 is 0 Å². The fourth-order valence-electron chi connectivity index (χ4n) is 1.38. The van der Waals surface area contributed by atoms with E-state index in [0.29, 0.717) is 0 Å². The van der Waals surface area contributed by atoms with E-state index in [1.165, 1.54) is 7.05 Å². The van der Waals surface area contributed by atoms with E-state index >= 15 is 0 Å². The molecule has 0 aliphatic heterocycles. The Bertz CT molecular complexity index is 433. The van der Waals surface area contributed by atoms with Crippen molar-refractivity contribution in [3.8, 4) is 0 Å². The predicted molar refractivity (Wildman–Crippen MR) is 62.9 cm³/mol. The van der Waals surface area contributed by atoms with Gasteiger partial charge >= 0.3 is 0 Å². The molecule has 0 bridgehead atoms. The van der Waals surface area contributed by atoms with E-state index in [1.807, 2.05) is 0 Å². The summed E-state index contributed by atoms with van der Waals surface area (Å²) in [6, 6.07) is 3.01. The summed E-state index contributed by atoms with van der Waals surface area (Å²) >= 11 is 0. The van der Waals surface area contributed by atoms with E-state index in [-0.39, 0.29) is 11.6 Å². The van der Waals surface area contributed by atoms with Crippen LogP contribution in [0.15, 0.2) is 18.2 Å². The number of benzene rings is 1. The molecule has 1 aromatic rings. The molecular formula is C12H16F2N2O. The van der Waals surface area contributed by atoms with Gasteiger partial charge in [-0.1, -0.05) is 0 Å². The lowest BCUT2D eigenvalue weighted by atomic mass is 10.0. The van der Waals surface area contributed by atoms with Crippen molar-refractivity contribution >= 4 is 11.6 Å². The van der Waals surface area contributed by atoms with Gasteiger partial charge in [-0.25, -0.2) is 8.78 Å². The average Bonchev–Trinajstić information content (AvgIpc) is 2.30. The van der Waals surface area contributed by atoms with Crippen molar-refractivity contribution in [2.75, 3.05) is 19.0 Å². The molecule has 0 saturated carbocycles. The van der Waals surface area contributed by atoms with E-state index < -0.39 is 17.2 Å². The summed E-state index contributed by atoms with van der Waals surface area (Å²) in [7, 11) is 3.05. The summed E-state index contributed by atoms with van der Waals surface area (Å²) < 4.78 is 26.5. The monoisotopic (exact) mass is 242 g/mol. The molecule has 0 unspecified atom stereocenters. The summed E-state index contributed by atoms with van der Waals surface area (Å²) in [5, 5.41) is 2.82. The molecule has 0 saturated heterocycles. The zero-order chi connectivity index (χ0) is 13.2. The number of likely N-dealkylation sites (N-methyl/N-ethyl adjacent to an activating group) is 2. The highest BCUT2D eigenvalue weighted by atomic mass is 19.1. The third-order valence-electron chi connectivity index (χ3n) is 2.73. The summed E-state index contributed by atoms with van der Waals surface area (Å²) in [5.41, 5.74) is -0.911. The number of carbonyl (C=O) groups is 1. The maximum atomic E-state index is 13.5. The smallest absolute Gasteiger partial charge is 0.246 e. The van der Waals surface area contributed by atoms with Crippen LogP contribution in [0.4, 0.5) is 14.5 Å². The SMILES string of the molecule is CNC(C)(C)C(=O)N(C)c1cc(F)ccc1F. The average molecular weight is 242 g/mol. The quantitative estimate of drug-likeness (QED) is 0.878. The fourth-order valence-corrected chi connectivity index (χ4v) is 1.38. The van der Waals surface area contributed by atoms with Crippen LogP contribution in [0.5, 0.6) is 0 Å². The molecule has 0 aliphatic rings. The number of anilines is 1. The molecule has 1 amide bonds. The minimum Gasteiger partial charge on any atom is -0.311 e. The van der Waals surface area contributed by atoms with Crippen molar-refractivity contribution in [3.05, 3.63) is 29.8 Å². The van der Waals surface area contributed by atoms with Gasteiger partial charge in [0.25, 0.3) is 0 Å². The fraction of sp³-hybridized carbons (Fsp3) is 0.417. The van der Waals surface area contributed by atoms with Crippen molar-refractivity contribution < 1.29 is 13.6 Å². The summed E-state index contributed by atoms with van der Waals surface area (Å²) in [5.74, 6) is -1.55. The first-order valence-electron chi connectivity index (χ1n) is 5.21. The summed E-state index contributed by atoms with van der Waals surface area (Å²) in [6.07, 6.45) is 0. The number of rotatable bonds is 3. The van der Waals surface area contributed by atoms with Crippen LogP contribution in [0, 0.1) is 11.6 Å². The normalized spacial score (nSPS) is 11.4. The number of amides is 1. The molecule has 0 aromatic heterocycles. The van der Waals surface area contributed by atoms with E-state index in [9.17, 15) is 13.6 Å². The maximum absolute atomic E-state index is 13.5. The highest BCUT2D eigenvalue weighted by Gasteiger charge is 2.30. The van der Waals surface area contributed by atoms with E-state index in [0.717, 1.165) is 23.1 Å². The van der Waals surface area contributed by atoms with Gasteiger partial charge < -0.3 is 10.2 Å². The van der Waals surface area contributed by atoms with Gasteiger partial charge in [-0.15, -0.1) is 0 Å². The molecule has 17 heavy (non-hydrogen) atoms. The highest BCUT2D eigenvalue weighted by Crippen LogP contribution is 2.21. The second-order valence-electron chi connectivity index (χ2n) is 4.33. The molecular weight excluding hydrogens is 226 g/mol. The molecule has 3 nitrogen and oxygen atoms in total. The van der Waals surface area contributed by atoms with Gasteiger partial charge in [0.15, 0.2) is 0 Å². The summed E-state index contributed by atoms with van der Waals surface area (Å²) in [4.78, 5) is 13.1. The lowest BCUT2D eigenvalue weighted by Crippen LogP contribution is -2.52. The number of nitrogens with one attached hydrogen (secondary N) is 1. The molecule has 0 heterocycles. The second-order valence-corrected chi connectivity index (χ2v) is 4.33. The van der Waals surface area contributed by atoms with Crippen molar-refractivity contribution in [1.82, 2.24) is 5.32 Å². The maximum Gasteiger partial charge on any atom is 0.246 e. The van der Waals surface area contributed by atoms with E-state index in [4.69, 9.17) is 0 Å². The van der Waals surface area contributed by atoms with Crippen LogP contribution in [0.25, 0.3) is 0 Å². The second kappa shape index (κ2) is 4.79. The third-order valence-corrected chi connectivity index (χ3v) is 2.73. The molecule has 0 aliphatic carbocycles. The first-order chi connectivity index (χ1) is 7.79.